The lowest BCUT2D eigenvalue weighted by atomic mass is 10.1. The first-order chi connectivity index (χ1) is 9.99. The van der Waals surface area contributed by atoms with E-state index in [0.29, 0.717) is 17.1 Å². The van der Waals surface area contributed by atoms with Crippen molar-refractivity contribution in [1.29, 1.82) is 0 Å². The zero-order valence-corrected chi connectivity index (χ0v) is 13.2. The summed E-state index contributed by atoms with van der Waals surface area (Å²) in [6, 6.07) is 13.4. The highest BCUT2D eigenvalue weighted by Crippen LogP contribution is 2.23. The molecule has 2 rings (SSSR count). The van der Waals surface area contributed by atoms with Crippen LogP contribution in [-0.4, -0.2) is 24.9 Å². The Morgan fingerprint density at radius 1 is 1.19 bits per heavy atom. The van der Waals surface area contributed by atoms with Gasteiger partial charge in [-0.05, 0) is 36.2 Å². The summed E-state index contributed by atoms with van der Waals surface area (Å²) in [7, 11) is 3.48. The van der Waals surface area contributed by atoms with Gasteiger partial charge in [0.25, 0.3) is 5.91 Å². The molecule has 0 radical (unpaired) electrons. The molecule has 110 valence electrons. The fourth-order valence-corrected chi connectivity index (χ4v) is 2.26. The maximum absolute atomic E-state index is 12.2. The Hall–Kier alpha value is -2.00. The second-order valence-corrected chi connectivity index (χ2v) is 5.61. The van der Waals surface area contributed by atoms with Crippen molar-refractivity contribution in [2.45, 2.75) is 13.5 Å². The van der Waals surface area contributed by atoms with E-state index in [1.165, 1.54) is 11.1 Å². The molecule has 0 bridgehead atoms. The molecular weight excluding hydrogens is 284 g/mol. The van der Waals surface area contributed by atoms with Crippen molar-refractivity contribution in [3.05, 3.63) is 64.2 Å². The van der Waals surface area contributed by atoms with E-state index in [1.807, 2.05) is 12.1 Å². The number of benzene rings is 2. The van der Waals surface area contributed by atoms with Crippen LogP contribution in [0.25, 0.3) is 0 Å². The van der Waals surface area contributed by atoms with Crippen LogP contribution in [0.1, 0.15) is 21.5 Å². The normalized spacial score (nSPS) is 10.3. The predicted molar refractivity (Wildman–Crippen MR) is 88.0 cm³/mol. The summed E-state index contributed by atoms with van der Waals surface area (Å²) in [4.78, 5) is 13.8. The summed E-state index contributed by atoms with van der Waals surface area (Å²) in [5.74, 6) is -0.0426. The van der Waals surface area contributed by atoms with Gasteiger partial charge in [0.1, 0.15) is 0 Å². The Kier molecular flexibility index (Phi) is 4.86. The monoisotopic (exact) mass is 302 g/mol. The van der Waals surface area contributed by atoms with Crippen molar-refractivity contribution in [2.24, 2.45) is 0 Å². The first-order valence-electron chi connectivity index (χ1n) is 6.78. The van der Waals surface area contributed by atoms with Crippen molar-refractivity contribution < 1.29 is 4.79 Å². The van der Waals surface area contributed by atoms with E-state index in [1.54, 1.807) is 37.2 Å². The third-order valence-corrected chi connectivity index (χ3v) is 3.58. The highest BCUT2D eigenvalue weighted by molar-refractivity contribution is 6.31. The third-order valence-electron chi connectivity index (χ3n) is 3.35. The molecule has 0 fully saturated rings. The number of carbonyl (C=O) groups excluding carboxylic acids is 1. The lowest BCUT2D eigenvalue weighted by Crippen LogP contribution is -2.23. The molecule has 0 aliphatic carbocycles. The molecule has 2 aromatic rings. The molecule has 1 amide bonds. The largest absolute Gasteiger partial charge is 0.380 e. The SMILES string of the molecule is Cc1ccccc1CNc1cc(Cl)ccc1C(=O)N(C)C. The Bertz CT molecular complexity index is 653. The standard InChI is InChI=1S/C17H19ClN2O/c1-12-6-4-5-7-13(12)11-19-16-10-14(18)8-9-15(16)17(21)20(2)3/h4-10,19H,11H2,1-3H3. The van der Waals surface area contributed by atoms with E-state index in [2.05, 4.69) is 24.4 Å². The number of carbonyl (C=O) groups is 1. The van der Waals surface area contributed by atoms with Gasteiger partial charge < -0.3 is 10.2 Å². The van der Waals surface area contributed by atoms with Gasteiger partial charge in [-0.2, -0.15) is 0 Å². The first kappa shape index (κ1) is 15.4. The Morgan fingerprint density at radius 2 is 1.90 bits per heavy atom. The van der Waals surface area contributed by atoms with Gasteiger partial charge in [0.15, 0.2) is 0 Å². The minimum atomic E-state index is -0.0426. The summed E-state index contributed by atoms with van der Waals surface area (Å²) in [5, 5.41) is 3.92. The summed E-state index contributed by atoms with van der Waals surface area (Å²) < 4.78 is 0. The zero-order valence-electron chi connectivity index (χ0n) is 12.5. The minimum Gasteiger partial charge on any atom is -0.380 e. The van der Waals surface area contributed by atoms with Crippen LogP contribution in [0.3, 0.4) is 0 Å². The van der Waals surface area contributed by atoms with Crippen LogP contribution >= 0.6 is 11.6 Å². The van der Waals surface area contributed by atoms with Crippen molar-refractivity contribution >= 4 is 23.2 Å². The predicted octanol–water partition coefficient (Wildman–Crippen LogP) is 3.96. The molecule has 0 aromatic heterocycles. The smallest absolute Gasteiger partial charge is 0.255 e. The molecule has 0 unspecified atom stereocenters. The topological polar surface area (TPSA) is 32.3 Å². The molecular formula is C17H19ClN2O. The van der Waals surface area contributed by atoms with E-state index in [-0.39, 0.29) is 5.91 Å². The molecule has 0 aliphatic rings. The van der Waals surface area contributed by atoms with Crippen molar-refractivity contribution in [1.82, 2.24) is 4.90 Å². The fraction of sp³-hybridized carbons (Fsp3) is 0.235. The maximum Gasteiger partial charge on any atom is 0.255 e. The van der Waals surface area contributed by atoms with Crippen LogP contribution in [0, 0.1) is 6.92 Å². The molecule has 0 saturated heterocycles. The van der Waals surface area contributed by atoms with Crippen LogP contribution in [-0.2, 0) is 6.54 Å². The van der Waals surface area contributed by atoms with E-state index in [9.17, 15) is 4.79 Å². The van der Waals surface area contributed by atoms with Crippen molar-refractivity contribution in [3.8, 4) is 0 Å². The second-order valence-electron chi connectivity index (χ2n) is 5.17. The molecule has 0 heterocycles. The summed E-state index contributed by atoms with van der Waals surface area (Å²) in [5.41, 5.74) is 3.79. The fourth-order valence-electron chi connectivity index (χ4n) is 2.09. The van der Waals surface area contributed by atoms with Crippen LogP contribution in [0.2, 0.25) is 5.02 Å². The molecule has 21 heavy (non-hydrogen) atoms. The molecule has 0 spiro atoms. The third kappa shape index (κ3) is 3.76. The molecule has 1 N–H and O–H groups in total. The highest BCUT2D eigenvalue weighted by Gasteiger charge is 2.13. The molecule has 2 aromatic carbocycles. The molecule has 0 saturated carbocycles. The second kappa shape index (κ2) is 6.64. The highest BCUT2D eigenvalue weighted by atomic mass is 35.5. The Balaban J connectivity index is 2.25. The quantitative estimate of drug-likeness (QED) is 0.927. The Morgan fingerprint density at radius 3 is 2.57 bits per heavy atom. The van der Waals surface area contributed by atoms with Crippen LogP contribution < -0.4 is 5.32 Å². The van der Waals surface area contributed by atoms with Gasteiger partial charge in [-0.25, -0.2) is 0 Å². The molecule has 0 aliphatic heterocycles. The van der Waals surface area contributed by atoms with E-state index in [4.69, 9.17) is 11.6 Å². The number of hydrogen-bond acceptors (Lipinski definition) is 2. The number of anilines is 1. The average molecular weight is 303 g/mol. The van der Waals surface area contributed by atoms with Crippen LogP contribution in [0.5, 0.6) is 0 Å². The number of aryl methyl sites for hydroxylation is 1. The van der Waals surface area contributed by atoms with Gasteiger partial charge in [0, 0.05) is 31.4 Å². The van der Waals surface area contributed by atoms with Crippen molar-refractivity contribution in [3.63, 3.8) is 0 Å². The van der Waals surface area contributed by atoms with Gasteiger partial charge in [-0.15, -0.1) is 0 Å². The van der Waals surface area contributed by atoms with E-state index >= 15 is 0 Å². The van der Waals surface area contributed by atoms with Crippen molar-refractivity contribution in [2.75, 3.05) is 19.4 Å². The minimum absolute atomic E-state index is 0.0426. The van der Waals surface area contributed by atoms with Crippen LogP contribution in [0.4, 0.5) is 5.69 Å². The number of hydrogen-bond donors (Lipinski definition) is 1. The molecule has 4 heteroatoms. The van der Waals surface area contributed by atoms with Gasteiger partial charge in [0.05, 0.1) is 5.56 Å². The number of nitrogens with zero attached hydrogens (tertiary/aromatic N) is 1. The molecule has 0 atom stereocenters. The number of halogens is 1. The lowest BCUT2D eigenvalue weighted by Gasteiger charge is -2.16. The number of rotatable bonds is 4. The summed E-state index contributed by atoms with van der Waals surface area (Å²) in [6.45, 7) is 2.72. The van der Waals surface area contributed by atoms with Gasteiger partial charge in [0.2, 0.25) is 0 Å². The maximum atomic E-state index is 12.2. The van der Waals surface area contributed by atoms with Gasteiger partial charge in [-0.3, -0.25) is 4.79 Å². The molecule has 3 nitrogen and oxygen atoms in total. The lowest BCUT2D eigenvalue weighted by molar-refractivity contribution is 0.0828. The summed E-state index contributed by atoms with van der Waals surface area (Å²) >= 11 is 6.05. The van der Waals surface area contributed by atoms with E-state index < -0.39 is 0 Å². The number of nitrogens with one attached hydrogen (secondary N) is 1. The average Bonchev–Trinajstić information content (AvgIpc) is 2.46. The number of amides is 1. The Labute approximate surface area is 130 Å². The van der Waals surface area contributed by atoms with E-state index in [0.717, 1.165) is 5.69 Å². The summed E-state index contributed by atoms with van der Waals surface area (Å²) in [6.07, 6.45) is 0. The van der Waals surface area contributed by atoms with Gasteiger partial charge in [-0.1, -0.05) is 35.9 Å². The van der Waals surface area contributed by atoms with Crippen LogP contribution in [0.15, 0.2) is 42.5 Å². The first-order valence-corrected chi connectivity index (χ1v) is 7.16. The zero-order chi connectivity index (χ0) is 15.4. The van der Waals surface area contributed by atoms with Gasteiger partial charge >= 0.3 is 0 Å².